The lowest BCUT2D eigenvalue weighted by Gasteiger charge is -2.17. The highest BCUT2D eigenvalue weighted by atomic mass is 32.2. The van der Waals surface area contributed by atoms with Gasteiger partial charge in [-0.15, -0.1) is 0 Å². The molecular formula is C36H40N2O6S. The Morgan fingerprint density at radius 3 is 2.02 bits per heavy atom. The Balaban J connectivity index is 1.31. The number of carbonyl (C=O) groups excluding carboxylic acids is 2. The molecule has 1 atom stereocenters. The van der Waals surface area contributed by atoms with Gasteiger partial charge in [-0.3, -0.25) is 14.3 Å². The van der Waals surface area contributed by atoms with Crippen LogP contribution in [0.3, 0.4) is 0 Å². The first-order chi connectivity index (χ1) is 21.5. The van der Waals surface area contributed by atoms with Gasteiger partial charge in [0, 0.05) is 22.0 Å². The number of nitrogens with zero attached hydrogens (tertiary/aromatic N) is 1. The summed E-state index contributed by atoms with van der Waals surface area (Å²) in [5.41, 5.74) is 4.28. The zero-order chi connectivity index (χ0) is 32.3. The van der Waals surface area contributed by atoms with E-state index in [0.29, 0.717) is 54.0 Å². The maximum atomic E-state index is 13.8. The highest BCUT2D eigenvalue weighted by Crippen LogP contribution is 2.46. The van der Waals surface area contributed by atoms with Crippen LogP contribution in [0.4, 0.5) is 5.69 Å². The van der Waals surface area contributed by atoms with Crippen LogP contribution in [0.1, 0.15) is 73.1 Å². The Bertz CT molecular complexity index is 1820. The monoisotopic (exact) mass is 628 g/mol. The largest absolute Gasteiger partial charge is 0.493 e. The lowest BCUT2D eigenvalue weighted by molar-refractivity contribution is -0.120. The first-order valence-electron chi connectivity index (χ1n) is 15.4. The molecule has 236 valence electrons. The molecule has 0 spiro atoms. The Morgan fingerprint density at radius 1 is 0.844 bits per heavy atom. The number of hydrogen-bond donors (Lipinski definition) is 1. The van der Waals surface area contributed by atoms with Crippen LogP contribution in [0.15, 0.2) is 72.8 Å². The van der Waals surface area contributed by atoms with E-state index in [4.69, 9.17) is 9.47 Å². The third-order valence-electron chi connectivity index (χ3n) is 7.95. The van der Waals surface area contributed by atoms with Gasteiger partial charge in [0.2, 0.25) is 15.9 Å². The molecule has 0 saturated heterocycles. The molecule has 8 nitrogen and oxygen atoms in total. The highest BCUT2D eigenvalue weighted by Gasteiger charge is 2.36. The zero-order valence-corrected chi connectivity index (χ0v) is 27.2. The second-order valence-corrected chi connectivity index (χ2v) is 13.5. The van der Waals surface area contributed by atoms with E-state index in [2.05, 4.69) is 18.6 Å². The summed E-state index contributed by atoms with van der Waals surface area (Å²) in [5.74, 6) is -0.0605. The number of amides is 2. The minimum absolute atomic E-state index is 0.209. The number of anilines is 1. The lowest BCUT2D eigenvalue weighted by atomic mass is 9.96. The summed E-state index contributed by atoms with van der Waals surface area (Å²) >= 11 is 0. The van der Waals surface area contributed by atoms with Gasteiger partial charge < -0.3 is 14.4 Å². The van der Waals surface area contributed by atoms with Crippen molar-refractivity contribution in [2.24, 2.45) is 5.92 Å². The molecule has 0 aromatic heterocycles. The van der Waals surface area contributed by atoms with Crippen molar-refractivity contribution < 1.29 is 27.5 Å². The Kier molecular flexibility index (Phi) is 9.48. The fraction of sp³-hybridized carbons (Fsp3) is 0.333. The second-order valence-electron chi connectivity index (χ2n) is 11.8. The second kappa shape index (κ2) is 13.3. The third kappa shape index (κ3) is 6.83. The van der Waals surface area contributed by atoms with Gasteiger partial charge in [0.05, 0.1) is 37.0 Å². The quantitative estimate of drug-likeness (QED) is 0.186. The van der Waals surface area contributed by atoms with Crippen molar-refractivity contribution >= 4 is 38.3 Å². The van der Waals surface area contributed by atoms with Crippen LogP contribution in [0.5, 0.6) is 11.5 Å². The van der Waals surface area contributed by atoms with Gasteiger partial charge >= 0.3 is 0 Å². The molecule has 1 aliphatic rings. The van der Waals surface area contributed by atoms with E-state index in [1.807, 2.05) is 62.4 Å². The SMILES string of the molecule is CCOc1c2c(c(OCC)c3ccccc13)C(=O)N(c1ccc(CS(=O)(=O)NC(=O)C(C)c3ccc(CC(C)C)cc3)cc1)C2. The van der Waals surface area contributed by atoms with Crippen LogP contribution in [0.2, 0.25) is 0 Å². The average molecular weight is 629 g/mol. The maximum absolute atomic E-state index is 13.8. The molecule has 0 radical (unpaired) electrons. The fourth-order valence-electron chi connectivity index (χ4n) is 5.82. The van der Waals surface area contributed by atoms with Crippen molar-refractivity contribution in [1.29, 1.82) is 0 Å². The molecule has 1 aliphatic heterocycles. The predicted octanol–water partition coefficient (Wildman–Crippen LogP) is 6.75. The van der Waals surface area contributed by atoms with Crippen molar-refractivity contribution in [2.45, 2.75) is 59.3 Å². The van der Waals surface area contributed by atoms with Crippen molar-refractivity contribution in [3.05, 3.63) is 101 Å². The number of nitrogens with one attached hydrogen (secondary N) is 1. The van der Waals surface area contributed by atoms with Crippen LogP contribution < -0.4 is 19.1 Å². The van der Waals surface area contributed by atoms with Crippen LogP contribution in [-0.4, -0.2) is 33.4 Å². The number of carbonyl (C=O) groups is 2. The molecule has 9 heteroatoms. The Labute approximate surface area is 265 Å². The van der Waals surface area contributed by atoms with Gasteiger partial charge in [-0.2, -0.15) is 0 Å². The van der Waals surface area contributed by atoms with Crippen LogP contribution >= 0.6 is 0 Å². The summed E-state index contributed by atoms with van der Waals surface area (Å²) in [4.78, 5) is 28.3. The van der Waals surface area contributed by atoms with E-state index < -0.39 is 21.8 Å². The van der Waals surface area contributed by atoms with E-state index in [-0.39, 0.29) is 11.7 Å². The van der Waals surface area contributed by atoms with Gasteiger partial charge in [0.25, 0.3) is 5.91 Å². The van der Waals surface area contributed by atoms with Gasteiger partial charge in [0.15, 0.2) is 0 Å². The average Bonchev–Trinajstić information content (AvgIpc) is 3.35. The molecule has 2 amide bonds. The fourth-order valence-corrected chi connectivity index (χ4v) is 7.00. The lowest BCUT2D eigenvalue weighted by Crippen LogP contribution is -2.34. The molecule has 0 bridgehead atoms. The molecule has 0 aliphatic carbocycles. The maximum Gasteiger partial charge on any atom is 0.262 e. The molecule has 4 aromatic rings. The smallest absolute Gasteiger partial charge is 0.262 e. The summed E-state index contributed by atoms with van der Waals surface area (Å²) in [5, 5.41) is 1.70. The van der Waals surface area contributed by atoms with Gasteiger partial charge in [0.1, 0.15) is 11.5 Å². The molecule has 1 unspecified atom stereocenters. The molecule has 0 saturated carbocycles. The number of sulfonamides is 1. The van der Waals surface area contributed by atoms with Crippen LogP contribution in [-0.2, 0) is 33.5 Å². The minimum Gasteiger partial charge on any atom is -0.493 e. The first kappa shape index (κ1) is 32.0. The van der Waals surface area contributed by atoms with Crippen LogP contribution in [0, 0.1) is 5.92 Å². The Morgan fingerprint density at radius 2 is 1.42 bits per heavy atom. The molecule has 4 aromatic carbocycles. The van der Waals surface area contributed by atoms with Gasteiger partial charge in [-0.1, -0.05) is 74.5 Å². The van der Waals surface area contributed by atoms with E-state index in [9.17, 15) is 18.0 Å². The van der Waals surface area contributed by atoms with Crippen molar-refractivity contribution in [1.82, 2.24) is 4.72 Å². The van der Waals surface area contributed by atoms with Gasteiger partial charge in [-0.05, 0) is 61.9 Å². The number of benzene rings is 4. The molecule has 5 rings (SSSR count). The third-order valence-corrected chi connectivity index (χ3v) is 9.18. The molecule has 1 N–H and O–H groups in total. The normalized spacial score (nSPS) is 13.6. The van der Waals surface area contributed by atoms with E-state index in [1.54, 1.807) is 36.1 Å². The van der Waals surface area contributed by atoms with Crippen LogP contribution in [0.25, 0.3) is 10.8 Å². The number of rotatable bonds is 12. The van der Waals surface area contributed by atoms with E-state index in [0.717, 1.165) is 28.3 Å². The van der Waals surface area contributed by atoms with Crippen molar-refractivity contribution in [3.8, 4) is 11.5 Å². The number of fused-ring (bicyclic) bond motifs is 2. The minimum atomic E-state index is -3.96. The zero-order valence-electron chi connectivity index (χ0n) is 26.4. The van der Waals surface area contributed by atoms with Gasteiger partial charge in [-0.25, -0.2) is 8.42 Å². The number of hydrogen-bond acceptors (Lipinski definition) is 6. The summed E-state index contributed by atoms with van der Waals surface area (Å²) in [6, 6.07) is 22.2. The molecular weight excluding hydrogens is 588 g/mol. The van der Waals surface area contributed by atoms with E-state index in [1.165, 1.54) is 5.56 Å². The summed E-state index contributed by atoms with van der Waals surface area (Å²) in [7, 11) is -3.96. The topological polar surface area (TPSA) is 102 Å². The summed E-state index contributed by atoms with van der Waals surface area (Å²) in [6.07, 6.45) is 0.937. The van der Waals surface area contributed by atoms with Crippen molar-refractivity contribution in [3.63, 3.8) is 0 Å². The molecule has 1 heterocycles. The Hall–Kier alpha value is -4.37. The first-order valence-corrected chi connectivity index (χ1v) is 17.0. The van der Waals surface area contributed by atoms with Crippen molar-refractivity contribution in [2.75, 3.05) is 18.1 Å². The molecule has 0 fully saturated rings. The molecule has 45 heavy (non-hydrogen) atoms. The summed E-state index contributed by atoms with van der Waals surface area (Å²) in [6.45, 7) is 10.9. The number of ether oxygens (including phenoxy) is 2. The summed E-state index contributed by atoms with van der Waals surface area (Å²) < 4.78 is 40.2. The van der Waals surface area contributed by atoms with E-state index >= 15 is 0 Å². The standard InChI is InChI=1S/C36H40N2O6S/c1-6-43-33-29-10-8-9-11-30(29)34(44-7-2)32-31(33)21-38(36(32)40)28-18-14-26(15-19-28)22-45(41,42)37-35(39)24(5)27-16-12-25(13-17-27)20-23(3)4/h8-19,23-24H,6-7,20-22H2,1-5H3,(H,37,39). The predicted molar refractivity (Wildman–Crippen MR) is 177 cm³/mol. The highest BCUT2D eigenvalue weighted by molar-refractivity contribution is 7.89.